The van der Waals surface area contributed by atoms with Crippen LogP contribution in [-0.2, 0) is 4.74 Å². The lowest BCUT2D eigenvalue weighted by molar-refractivity contribution is 0.192. The highest BCUT2D eigenvalue weighted by atomic mass is 16.5. The van der Waals surface area contributed by atoms with Crippen LogP contribution in [-0.4, -0.2) is 30.5 Å². The van der Waals surface area contributed by atoms with Gasteiger partial charge in [0.1, 0.15) is 0 Å². The summed E-state index contributed by atoms with van der Waals surface area (Å²) in [5.74, 6) is 0. The zero-order valence-electron chi connectivity index (χ0n) is 10.7. The van der Waals surface area contributed by atoms with E-state index < -0.39 is 0 Å². The topological polar surface area (TPSA) is 47.0 Å². The Morgan fingerprint density at radius 3 is 2.94 bits per heavy atom. The molecule has 4 heteroatoms. The minimum absolute atomic E-state index is 0.847. The number of nitrogens with one attached hydrogen (secondary N) is 1. The van der Waals surface area contributed by atoms with E-state index in [0.29, 0.717) is 0 Å². The number of hydrogen-bond donors (Lipinski definition) is 1. The minimum Gasteiger partial charge on any atom is -0.385 e. The summed E-state index contributed by atoms with van der Waals surface area (Å²) >= 11 is 0. The largest absolute Gasteiger partial charge is 0.385 e. The SMILES string of the molecule is COCCCCCNc1cnnc2ccccc12. The zero-order valence-corrected chi connectivity index (χ0v) is 10.7. The molecule has 1 heterocycles. The molecule has 0 spiro atoms. The molecule has 0 atom stereocenters. The van der Waals surface area contributed by atoms with Crippen molar-refractivity contribution >= 4 is 16.6 Å². The van der Waals surface area contributed by atoms with E-state index in [1.54, 1.807) is 13.3 Å². The van der Waals surface area contributed by atoms with Crippen molar-refractivity contribution in [3.8, 4) is 0 Å². The maximum Gasteiger partial charge on any atom is 0.0950 e. The zero-order chi connectivity index (χ0) is 12.6. The van der Waals surface area contributed by atoms with Gasteiger partial charge in [-0.15, -0.1) is 0 Å². The molecule has 0 radical (unpaired) electrons. The maximum absolute atomic E-state index is 5.03. The molecule has 0 aliphatic carbocycles. The van der Waals surface area contributed by atoms with Gasteiger partial charge in [0.2, 0.25) is 0 Å². The number of nitrogens with zero attached hydrogens (tertiary/aromatic N) is 2. The van der Waals surface area contributed by atoms with Crippen LogP contribution in [0.25, 0.3) is 10.9 Å². The molecule has 0 saturated heterocycles. The van der Waals surface area contributed by atoms with Gasteiger partial charge in [-0.05, 0) is 25.3 Å². The summed E-state index contributed by atoms with van der Waals surface area (Å²) in [5.41, 5.74) is 1.99. The van der Waals surface area contributed by atoms with Crippen molar-refractivity contribution in [1.29, 1.82) is 0 Å². The van der Waals surface area contributed by atoms with Crippen molar-refractivity contribution in [2.45, 2.75) is 19.3 Å². The highest BCUT2D eigenvalue weighted by Gasteiger charge is 2.00. The second-order valence-electron chi connectivity index (χ2n) is 4.26. The summed E-state index contributed by atoms with van der Waals surface area (Å²) in [5, 5.41) is 12.7. The Hall–Kier alpha value is -1.68. The number of ether oxygens (including phenoxy) is 1. The van der Waals surface area contributed by atoms with E-state index in [4.69, 9.17) is 4.74 Å². The van der Waals surface area contributed by atoms with E-state index in [-0.39, 0.29) is 0 Å². The number of unbranched alkanes of at least 4 members (excludes halogenated alkanes) is 2. The number of fused-ring (bicyclic) bond motifs is 1. The van der Waals surface area contributed by atoms with Gasteiger partial charge in [0.05, 0.1) is 17.4 Å². The first-order valence-electron chi connectivity index (χ1n) is 6.35. The molecule has 0 bridgehead atoms. The van der Waals surface area contributed by atoms with Gasteiger partial charge in [0.25, 0.3) is 0 Å². The number of anilines is 1. The van der Waals surface area contributed by atoms with Crippen molar-refractivity contribution < 1.29 is 4.74 Å². The first kappa shape index (κ1) is 12.8. The number of aromatic nitrogens is 2. The molecular weight excluding hydrogens is 226 g/mol. The van der Waals surface area contributed by atoms with Crippen LogP contribution in [0.2, 0.25) is 0 Å². The Balaban J connectivity index is 1.88. The van der Waals surface area contributed by atoms with E-state index in [1.165, 1.54) is 6.42 Å². The Morgan fingerprint density at radius 1 is 1.17 bits per heavy atom. The van der Waals surface area contributed by atoms with Gasteiger partial charge in [-0.2, -0.15) is 10.2 Å². The number of rotatable bonds is 7. The summed E-state index contributed by atoms with van der Waals surface area (Å²) < 4.78 is 5.03. The Morgan fingerprint density at radius 2 is 2.06 bits per heavy atom. The molecule has 0 saturated carbocycles. The molecule has 1 aromatic carbocycles. The molecule has 0 fully saturated rings. The second-order valence-corrected chi connectivity index (χ2v) is 4.26. The maximum atomic E-state index is 5.03. The third kappa shape index (κ3) is 3.40. The molecule has 96 valence electrons. The first-order chi connectivity index (χ1) is 8.92. The third-order valence-electron chi connectivity index (χ3n) is 2.89. The van der Waals surface area contributed by atoms with Gasteiger partial charge >= 0.3 is 0 Å². The van der Waals surface area contributed by atoms with Crippen LogP contribution < -0.4 is 5.32 Å². The summed E-state index contributed by atoms with van der Waals surface area (Å²) in [7, 11) is 1.74. The third-order valence-corrected chi connectivity index (χ3v) is 2.89. The van der Waals surface area contributed by atoms with Crippen LogP contribution in [0.4, 0.5) is 5.69 Å². The molecule has 1 aromatic heterocycles. The normalized spacial score (nSPS) is 10.7. The molecule has 18 heavy (non-hydrogen) atoms. The molecule has 4 nitrogen and oxygen atoms in total. The van der Waals surface area contributed by atoms with E-state index in [2.05, 4.69) is 21.6 Å². The minimum atomic E-state index is 0.847. The predicted octanol–water partition coefficient (Wildman–Crippen LogP) is 2.86. The molecular formula is C14H19N3O. The van der Waals surface area contributed by atoms with Crippen molar-refractivity contribution in [1.82, 2.24) is 10.2 Å². The molecule has 1 N–H and O–H groups in total. The molecule has 2 aromatic rings. The summed E-state index contributed by atoms with van der Waals surface area (Å²) in [6.07, 6.45) is 5.22. The van der Waals surface area contributed by atoms with Gasteiger partial charge in [-0.3, -0.25) is 0 Å². The standard InChI is InChI=1S/C14H19N3O/c1-18-10-6-2-5-9-15-14-11-16-17-13-8-4-3-7-12(13)14/h3-4,7-8,11H,2,5-6,9-10H2,1H3,(H,15,17). The van der Waals surface area contributed by atoms with Gasteiger partial charge < -0.3 is 10.1 Å². The molecule has 0 aliphatic rings. The van der Waals surface area contributed by atoms with Crippen molar-refractivity contribution in [3.63, 3.8) is 0 Å². The summed E-state index contributed by atoms with van der Waals surface area (Å²) in [6.45, 7) is 1.80. The average Bonchev–Trinajstić information content (AvgIpc) is 2.43. The van der Waals surface area contributed by atoms with Gasteiger partial charge in [-0.25, -0.2) is 0 Å². The first-order valence-corrected chi connectivity index (χ1v) is 6.35. The lowest BCUT2D eigenvalue weighted by Gasteiger charge is -2.08. The Labute approximate surface area is 107 Å². The molecule has 0 aliphatic heterocycles. The molecule has 2 rings (SSSR count). The smallest absolute Gasteiger partial charge is 0.0950 e. The summed E-state index contributed by atoms with van der Waals surface area (Å²) in [6, 6.07) is 8.04. The Kier molecular flexibility index (Phi) is 4.90. The quantitative estimate of drug-likeness (QED) is 0.762. The van der Waals surface area contributed by atoms with E-state index in [9.17, 15) is 0 Å². The lowest BCUT2D eigenvalue weighted by atomic mass is 10.2. The van der Waals surface area contributed by atoms with Crippen molar-refractivity contribution in [2.75, 3.05) is 25.6 Å². The van der Waals surface area contributed by atoms with Crippen LogP contribution >= 0.6 is 0 Å². The number of methoxy groups -OCH3 is 1. The van der Waals surface area contributed by atoms with Crippen LogP contribution in [0.1, 0.15) is 19.3 Å². The highest BCUT2D eigenvalue weighted by molar-refractivity contribution is 5.90. The predicted molar refractivity (Wildman–Crippen MR) is 73.8 cm³/mol. The number of benzene rings is 1. The van der Waals surface area contributed by atoms with Crippen molar-refractivity contribution in [3.05, 3.63) is 30.5 Å². The average molecular weight is 245 g/mol. The van der Waals surface area contributed by atoms with Crippen LogP contribution in [0.3, 0.4) is 0 Å². The van der Waals surface area contributed by atoms with Crippen LogP contribution in [0.15, 0.2) is 30.5 Å². The van der Waals surface area contributed by atoms with Crippen LogP contribution in [0.5, 0.6) is 0 Å². The highest BCUT2D eigenvalue weighted by Crippen LogP contribution is 2.19. The fourth-order valence-electron chi connectivity index (χ4n) is 1.92. The number of hydrogen-bond acceptors (Lipinski definition) is 4. The van der Waals surface area contributed by atoms with E-state index in [1.807, 2.05) is 18.2 Å². The van der Waals surface area contributed by atoms with Crippen molar-refractivity contribution in [2.24, 2.45) is 0 Å². The van der Waals surface area contributed by atoms with E-state index in [0.717, 1.165) is 42.6 Å². The Bertz CT molecular complexity index is 482. The van der Waals surface area contributed by atoms with Gasteiger partial charge in [0.15, 0.2) is 0 Å². The fourth-order valence-corrected chi connectivity index (χ4v) is 1.92. The second kappa shape index (κ2) is 6.91. The fraction of sp³-hybridized carbons (Fsp3) is 0.429. The van der Waals surface area contributed by atoms with E-state index >= 15 is 0 Å². The monoisotopic (exact) mass is 245 g/mol. The molecule has 0 unspecified atom stereocenters. The molecule has 0 amide bonds. The van der Waals surface area contributed by atoms with Gasteiger partial charge in [0, 0.05) is 25.6 Å². The van der Waals surface area contributed by atoms with Crippen LogP contribution in [0, 0.1) is 0 Å². The lowest BCUT2D eigenvalue weighted by Crippen LogP contribution is -2.03. The summed E-state index contributed by atoms with van der Waals surface area (Å²) in [4.78, 5) is 0. The van der Waals surface area contributed by atoms with Gasteiger partial charge in [-0.1, -0.05) is 18.2 Å².